The lowest BCUT2D eigenvalue weighted by atomic mass is 10.0. The Kier molecular flexibility index (Phi) is 4.40. The van der Waals surface area contributed by atoms with E-state index in [-0.39, 0.29) is 0 Å². The van der Waals surface area contributed by atoms with E-state index < -0.39 is 0 Å². The van der Waals surface area contributed by atoms with Gasteiger partial charge < -0.3 is 4.90 Å². The first-order chi connectivity index (χ1) is 8.76. The van der Waals surface area contributed by atoms with E-state index in [1.165, 1.54) is 37.8 Å². The minimum Gasteiger partial charge on any atom is -0.369 e. The van der Waals surface area contributed by atoms with Crippen molar-refractivity contribution >= 4 is 12.0 Å². The van der Waals surface area contributed by atoms with Gasteiger partial charge in [0, 0.05) is 23.8 Å². The Morgan fingerprint density at radius 2 is 2.17 bits per heavy atom. The summed E-state index contributed by atoms with van der Waals surface area (Å²) >= 11 is 0. The molecule has 1 aliphatic rings. The highest BCUT2D eigenvalue weighted by atomic mass is 16.1. The molecule has 0 N–H and O–H groups in total. The van der Waals surface area contributed by atoms with E-state index in [0.717, 1.165) is 24.0 Å². The first-order valence-electron chi connectivity index (χ1n) is 7.08. The van der Waals surface area contributed by atoms with Crippen LogP contribution in [0.3, 0.4) is 0 Å². The third-order valence-corrected chi connectivity index (χ3v) is 4.06. The normalized spacial score (nSPS) is 20.6. The fourth-order valence-corrected chi connectivity index (χ4v) is 2.91. The van der Waals surface area contributed by atoms with Crippen LogP contribution >= 0.6 is 0 Å². The molecule has 2 nitrogen and oxygen atoms in total. The molecule has 1 unspecified atom stereocenters. The number of rotatable bonds is 3. The van der Waals surface area contributed by atoms with Crippen molar-refractivity contribution in [2.24, 2.45) is 0 Å². The van der Waals surface area contributed by atoms with Gasteiger partial charge in [0.05, 0.1) is 0 Å². The SMILES string of the molecule is CCC1CCCCCN1c1ccc(C=O)c(C)c1. The smallest absolute Gasteiger partial charge is 0.150 e. The summed E-state index contributed by atoms with van der Waals surface area (Å²) in [6.45, 7) is 5.44. The van der Waals surface area contributed by atoms with Gasteiger partial charge in [-0.05, 0) is 49.9 Å². The average molecular weight is 245 g/mol. The number of hydrogen-bond acceptors (Lipinski definition) is 2. The third-order valence-electron chi connectivity index (χ3n) is 4.06. The predicted molar refractivity (Wildman–Crippen MR) is 76.5 cm³/mol. The molecule has 98 valence electrons. The number of nitrogens with zero attached hydrogens (tertiary/aromatic N) is 1. The highest BCUT2D eigenvalue weighted by molar-refractivity contribution is 5.78. The summed E-state index contributed by atoms with van der Waals surface area (Å²) < 4.78 is 0. The van der Waals surface area contributed by atoms with Crippen LogP contribution in [0.4, 0.5) is 5.69 Å². The van der Waals surface area contributed by atoms with Crippen molar-refractivity contribution in [2.75, 3.05) is 11.4 Å². The molecular weight excluding hydrogens is 222 g/mol. The molecule has 2 heteroatoms. The van der Waals surface area contributed by atoms with Crippen LogP contribution < -0.4 is 4.90 Å². The van der Waals surface area contributed by atoms with E-state index >= 15 is 0 Å². The maximum Gasteiger partial charge on any atom is 0.150 e. The zero-order chi connectivity index (χ0) is 13.0. The van der Waals surface area contributed by atoms with Gasteiger partial charge in [0.15, 0.2) is 0 Å². The van der Waals surface area contributed by atoms with Crippen LogP contribution in [0.1, 0.15) is 54.9 Å². The number of anilines is 1. The van der Waals surface area contributed by atoms with Crippen LogP contribution in [0, 0.1) is 6.92 Å². The van der Waals surface area contributed by atoms with Gasteiger partial charge in [-0.2, -0.15) is 0 Å². The van der Waals surface area contributed by atoms with Gasteiger partial charge in [0.1, 0.15) is 6.29 Å². The first-order valence-corrected chi connectivity index (χ1v) is 7.08. The average Bonchev–Trinajstić information content (AvgIpc) is 2.63. The molecule has 0 radical (unpaired) electrons. The topological polar surface area (TPSA) is 20.3 Å². The van der Waals surface area contributed by atoms with Gasteiger partial charge in [-0.25, -0.2) is 0 Å². The minimum absolute atomic E-state index is 0.661. The number of aldehydes is 1. The van der Waals surface area contributed by atoms with Crippen molar-refractivity contribution < 1.29 is 4.79 Å². The van der Waals surface area contributed by atoms with Crippen molar-refractivity contribution in [3.63, 3.8) is 0 Å². The van der Waals surface area contributed by atoms with E-state index in [4.69, 9.17) is 0 Å². The highest BCUT2D eigenvalue weighted by Gasteiger charge is 2.19. The second-order valence-corrected chi connectivity index (χ2v) is 5.26. The van der Waals surface area contributed by atoms with E-state index in [0.29, 0.717) is 6.04 Å². The largest absolute Gasteiger partial charge is 0.369 e. The molecule has 18 heavy (non-hydrogen) atoms. The third kappa shape index (κ3) is 2.74. The van der Waals surface area contributed by atoms with Crippen LogP contribution in [0.5, 0.6) is 0 Å². The summed E-state index contributed by atoms with van der Waals surface area (Å²) in [7, 11) is 0. The standard InChI is InChI=1S/C16H23NO/c1-3-15-7-5-4-6-10-17(15)16-9-8-14(12-18)13(2)11-16/h8-9,11-12,15H,3-7,10H2,1-2H3. The van der Waals surface area contributed by atoms with Gasteiger partial charge in [0.25, 0.3) is 0 Å². The van der Waals surface area contributed by atoms with Crippen LogP contribution in [-0.4, -0.2) is 18.9 Å². The molecule has 1 fully saturated rings. The van der Waals surface area contributed by atoms with Crippen molar-refractivity contribution in [2.45, 2.75) is 52.0 Å². The van der Waals surface area contributed by atoms with Gasteiger partial charge in [0.2, 0.25) is 0 Å². The fraction of sp³-hybridized carbons (Fsp3) is 0.562. The molecule has 0 aromatic heterocycles. The van der Waals surface area contributed by atoms with Crippen LogP contribution in [0.25, 0.3) is 0 Å². The van der Waals surface area contributed by atoms with Crippen LogP contribution in [0.15, 0.2) is 18.2 Å². The maximum atomic E-state index is 10.9. The Bertz CT molecular complexity index is 414. The molecule has 1 aliphatic heterocycles. The number of hydrogen-bond donors (Lipinski definition) is 0. The second-order valence-electron chi connectivity index (χ2n) is 5.26. The lowest BCUT2D eigenvalue weighted by Crippen LogP contribution is -2.34. The molecule has 0 aliphatic carbocycles. The lowest BCUT2D eigenvalue weighted by Gasteiger charge is -2.32. The molecule has 0 spiro atoms. The van der Waals surface area contributed by atoms with E-state index in [1.54, 1.807) is 0 Å². The zero-order valence-electron chi connectivity index (χ0n) is 11.5. The van der Waals surface area contributed by atoms with E-state index in [9.17, 15) is 4.79 Å². The summed E-state index contributed by atoms with van der Waals surface area (Å²) in [5, 5.41) is 0. The van der Waals surface area contributed by atoms with Crippen LogP contribution in [-0.2, 0) is 0 Å². The molecule has 0 bridgehead atoms. The summed E-state index contributed by atoms with van der Waals surface area (Å²) in [5.41, 5.74) is 3.18. The van der Waals surface area contributed by atoms with E-state index in [2.05, 4.69) is 24.0 Å². The minimum atomic E-state index is 0.661. The summed E-state index contributed by atoms with van der Waals surface area (Å²) in [4.78, 5) is 13.4. The summed E-state index contributed by atoms with van der Waals surface area (Å²) in [6.07, 6.45) is 7.42. The highest BCUT2D eigenvalue weighted by Crippen LogP contribution is 2.27. The second kappa shape index (κ2) is 6.03. The Balaban J connectivity index is 2.27. The summed E-state index contributed by atoms with van der Waals surface area (Å²) in [6, 6.07) is 6.88. The molecule has 1 atom stereocenters. The summed E-state index contributed by atoms with van der Waals surface area (Å²) in [5.74, 6) is 0. The van der Waals surface area contributed by atoms with Gasteiger partial charge in [-0.15, -0.1) is 0 Å². The molecule has 0 amide bonds. The van der Waals surface area contributed by atoms with Crippen molar-refractivity contribution in [3.8, 4) is 0 Å². The maximum absolute atomic E-state index is 10.9. The Labute approximate surface area is 110 Å². The molecule has 2 rings (SSSR count). The molecule has 0 saturated carbocycles. The van der Waals surface area contributed by atoms with Crippen molar-refractivity contribution in [3.05, 3.63) is 29.3 Å². The van der Waals surface area contributed by atoms with Gasteiger partial charge in [-0.1, -0.05) is 19.8 Å². The zero-order valence-corrected chi connectivity index (χ0v) is 11.5. The molecular formula is C16H23NO. The van der Waals surface area contributed by atoms with Crippen LogP contribution in [0.2, 0.25) is 0 Å². The Hall–Kier alpha value is -1.31. The Morgan fingerprint density at radius 3 is 2.83 bits per heavy atom. The number of carbonyl (C=O) groups excluding carboxylic acids is 1. The van der Waals surface area contributed by atoms with Crippen molar-refractivity contribution in [1.29, 1.82) is 0 Å². The van der Waals surface area contributed by atoms with E-state index in [1.807, 2.05) is 13.0 Å². The van der Waals surface area contributed by atoms with Gasteiger partial charge in [-0.3, -0.25) is 4.79 Å². The van der Waals surface area contributed by atoms with Gasteiger partial charge >= 0.3 is 0 Å². The van der Waals surface area contributed by atoms with Crippen molar-refractivity contribution in [1.82, 2.24) is 0 Å². The fourth-order valence-electron chi connectivity index (χ4n) is 2.91. The number of carbonyl (C=O) groups is 1. The molecule has 1 heterocycles. The molecule has 1 saturated heterocycles. The first kappa shape index (κ1) is 13.1. The number of benzene rings is 1. The molecule has 1 aromatic rings. The Morgan fingerprint density at radius 1 is 1.33 bits per heavy atom. The number of aryl methyl sites for hydroxylation is 1. The monoisotopic (exact) mass is 245 g/mol. The predicted octanol–water partition coefficient (Wildman–Crippen LogP) is 3.97. The molecule has 1 aromatic carbocycles. The quantitative estimate of drug-likeness (QED) is 0.751. The lowest BCUT2D eigenvalue weighted by molar-refractivity contribution is 0.112.